The van der Waals surface area contributed by atoms with Crippen LogP contribution in [0.25, 0.3) is 0 Å². The molecule has 2 nitrogen and oxygen atoms in total. The van der Waals surface area contributed by atoms with Crippen molar-refractivity contribution in [3.63, 3.8) is 0 Å². The monoisotopic (exact) mass is 183 g/mol. The average molecular weight is 183 g/mol. The first kappa shape index (κ1) is 9.47. The first-order valence-corrected chi connectivity index (χ1v) is 5.22. The van der Waals surface area contributed by atoms with Crippen molar-refractivity contribution in [1.29, 1.82) is 0 Å². The fraction of sp³-hybridized carbons (Fsp3) is 0.667. The summed E-state index contributed by atoms with van der Waals surface area (Å²) in [6.45, 7) is 0.838. The number of thioether (sulfide) groups is 1. The Morgan fingerprint density at radius 3 is 3.25 bits per heavy atom. The third-order valence-electron chi connectivity index (χ3n) is 1.80. The largest absolute Gasteiger partial charge is 0.355 e. The summed E-state index contributed by atoms with van der Waals surface area (Å²) in [5.74, 6) is 3.65. The van der Waals surface area contributed by atoms with Crippen LogP contribution in [0.2, 0.25) is 0 Å². The van der Waals surface area contributed by atoms with E-state index in [4.69, 9.17) is 6.42 Å². The number of amides is 1. The first-order valence-electron chi connectivity index (χ1n) is 4.17. The molecule has 1 N–H and O–H groups in total. The number of nitrogens with one attached hydrogen (secondary N) is 1. The van der Waals surface area contributed by atoms with Crippen molar-refractivity contribution in [2.45, 2.75) is 24.5 Å². The van der Waals surface area contributed by atoms with Crippen molar-refractivity contribution in [3.8, 4) is 12.3 Å². The van der Waals surface area contributed by atoms with Crippen LogP contribution < -0.4 is 5.32 Å². The lowest BCUT2D eigenvalue weighted by molar-refractivity contribution is -0.121. The van der Waals surface area contributed by atoms with E-state index < -0.39 is 0 Å². The van der Waals surface area contributed by atoms with E-state index in [-0.39, 0.29) is 11.2 Å². The fourth-order valence-corrected chi connectivity index (χ4v) is 2.25. The second-order valence-electron chi connectivity index (χ2n) is 2.75. The van der Waals surface area contributed by atoms with Gasteiger partial charge in [-0.15, -0.1) is 24.1 Å². The SMILES string of the molecule is C#CCCSC1CCCNC1=O. The lowest BCUT2D eigenvalue weighted by Gasteiger charge is -2.20. The summed E-state index contributed by atoms with van der Waals surface area (Å²) in [5.41, 5.74) is 0. The Morgan fingerprint density at radius 2 is 2.58 bits per heavy atom. The lowest BCUT2D eigenvalue weighted by Crippen LogP contribution is -2.38. The second kappa shape index (κ2) is 5.10. The number of carbonyl (C=O) groups excluding carboxylic acids is 1. The van der Waals surface area contributed by atoms with Crippen LogP contribution in [0.1, 0.15) is 19.3 Å². The zero-order valence-corrected chi connectivity index (χ0v) is 7.82. The first-order chi connectivity index (χ1) is 5.84. The van der Waals surface area contributed by atoms with Gasteiger partial charge in [0.15, 0.2) is 0 Å². The van der Waals surface area contributed by atoms with Crippen LogP contribution in [-0.2, 0) is 4.79 Å². The zero-order valence-electron chi connectivity index (χ0n) is 7.01. The number of piperidine rings is 1. The molecule has 3 heteroatoms. The van der Waals surface area contributed by atoms with Gasteiger partial charge >= 0.3 is 0 Å². The number of hydrogen-bond donors (Lipinski definition) is 1. The van der Waals surface area contributed by atoms with Crippen molar-refractivity contribution in [2.75, 3.05) is 12.3 Å². The van der Waals surface area contributed by atoms with E-state index in [0.29, 0.717) is 0 Å². The molecule has 66 valence electrons. The predicted molar refractivity (Wildman–Crippen MR) is 51.9 cm³/mol. The van der Waals surface area contributed by atoms with Gasteiger partial charge in [-0.1, -0.05) is 0 Å². The molecule has 0 radical (unpaired) electrons. The van der Waals surface area contributed by atoms with Gasteiger partial charge in [-0.25, -0.2) is 0 Å². The molecule has 0 spiro atoms. The minimum absolute atomic E-state index is 0.145. The average Bonchev–Trinajstić information content (AvgIpc) is 2.09. The highest BCUT2D eigenvalue weighted by molar-refractivity contribution is 8.00. The molecule has 1 fully saturated rings. The van der Waals surface area contributed by atoms with Gasteiger partial charge in [-0.05, 0) is 12.8 Å². The highest BCUT2D eigenvalue weighted by Gasteiger charge is 2.21. The molecular weight excluding hydrogens is 170 g/mol. The van der Waals surface area contributed by atoms with Crippen molar-refractivity contribution in [1.82, 2.24) is 5.32 Å². The molecule has 1 aliphatic rings. The zero-order chi connectivity index (χ0) is 8.81. The summed E-state index contributed by atoms with van der Waals surface area (Å²) < 4.78 is 0. The number of hydrogen-bond acceptors (Lipinski definition) is 2. The maximum Gasteiger partial charge on any atom is 0.233 e. The molecule has 0 bridgehead atoms. The second-order valence-corrected chi connectivity index (χ2v) is 4.06. The van der Waals surface area contributed by atoms with Gasteiger partial charge in [-0.2, -0.15) is 0 Å². The van der Waals surface area contributed by atoms with E-state index in [1.165, 1.54) is 0 Å². The van der Waals surface area contributed by atoms with Gasteiger partial charge in [0.2, 0.25) is 5.91 Å². The maximum absolute atomic E-state index is 11.2. The summed E-state index contributed by atoms with van der Waals surface area (Å²) in [4.78, 5) is 11.2. The molecule has 0 aromatic heterocycles. The minimum atomic E-state index is 0.145. The number of rotatable bonds is 3. The molecular formula is C9H13NOS. The minimum Gasteiger partial charge on any atom is -0.355 e. The Labute approximate surface area is 77.5 Å². The Kier molecular flexibility index (Phi) is 4.02. The molecule has 1 unspecified atom stereocenters. The molecule has 0 saturated carbocycles. The van der Waals surface area contributed by atoms with Crippen molar-refractivity contribution < 1.29 is 4.79 Å². The van der Waals surface area contributed by atoms with Crippen LogP contribution in [0.15, 0.2) is 0 Å². The molecule has 0 aromatic carbocycles. The summed E-state index contributed by atoms with van der Waals surface area (Å²) in [5, 5.41) is 2.99. The molecule has 1 heterocycles. The van der Waals surface area contributed by atoms with Crippen LogP contribution in [0.4, 0.5) is 0 Å². The van der Waals surface area contributed by atoms with E-state index in [2.05, 4.69) is 11.2 Å². The van der Waals surface area contributed by atoms with E-state index in [1.54, 1.807) is 11.8 Å². The Morgan fingerprint density at radius 1 is 1.75 bits per heavy atom. The van der Waals surface area contributed by atoms with E-state index >= 15 is 0 Å². The maximum atomic E-state index is 11.2. The Bertz CT molecular complexity index is 197. The third kappa shape index (κ3) is 2.78. The van der Waals surface area contributed by atoms with Gasteiger partial charge in [0.05, 0.1) is 5.25 Å². The summed E-state index contributed by atoms with van der Waals surface area (Å²) in [6.07, 6.45) is 7.97. The molecule has 1 amide bonds. The highest BCUT2D eigenvalue weighted by Crippen LogP contribution is 2.19. The van der Waals surface area contributed by atoms with Crippen LogP contribution in [-0.4, -0.2) is 23.5 Å². The van der Waals surface area contributed by atoms with Crippen molar-refractivity contribution >= 4 is 17.7 Å². The molecule has 1 atom stereocenters. The van der Waals surface area contributed by atoms with Crippen LogP contribution >= 0.6 is 11.8 Å². The normalized spacial score (nSPS) is 22.9. The summed E-state index contributed by atoms with van der Waals surface area (Å²) in [7, 11) is 0. The summed E-state index contributed by atoms with van der Waals surface area (Å²) >= 11 is 1.68. The molecule has 0 aliphatic carbocycles. The van der Waals surface area contributed by atoms with E-state index in [0.717, 1.165) is 31.6 Å². The van der Waals surface area contributed by atoms with Gasteiger partial charge in [-0.3, -0.25) is 4.79 Å². The van der Waals surface area contributed by atoms with Gasteiger partial charge < -0.3 is 5.32 Å². The van der Waals surface area contributed by atoms with E-state index in [1.807, 2.05) is 0 Å². The van der Waals surface area contributed by atoms with Gasteiger partial charge in [0.25, 0.3) is 0 Å². The van der Waals surface area contributed by atoms with Crippen molar-refractivity contribution in [2.24, 2.45) is 0 Å². The molecule has 0 aromatic rings. The number of terminal acetylenes is 1. The standard InChI is InChI=1S/C9H13NOS/c1-2-3-7-12-8-5-4-6-10-9(8)11/h1,8H,3-7H2,(H,10,11). The molecule has 1 rings (SSSR count). The molecule has 12 heavy (non-hydrogen) atoms. The van der Waals surface area contributed by atoms with Crippen LogP contribution in [0, 0.1) is 12.3 Å². The van der Waals surface area contributed by atoms with Gasteiger partial charge in [0.1, 0.15) is 0 Å². The smallest absolute Gasteiger partial charge is 0.233 e. The van der Waals surface area contributed by atoms with Crippen LogP contribution in [0.5, 0.6) is 0 Å². The Hall–Kier alpha value is -0.620. The van der Waals surface area contributed by atoms with E-state index in [9.17, 15) is 4.79 Å². The van der Waals surface area contributed by atoms with Gasteiger partial charge in [0, 0.05) is 18.7 Å². The Balaban J connectivity index is 2.21. The topological polar surface area (TPSA) is 29.1 Å². The van der Waals surface area contributed by atoms with Crippen LogP contribution in [0.3, 0.4) is 0 Å². The molecule has 1 aliphatic heterocycles. The summed E-state index contributed by atoms with van der Waals surface area (Å²) in [6, 6.07) is 0. The quantitative estimate of drug-likeness (QED) is 0.523. The predicted octanol–water partition coefficient (Wildman–Crippen LogP) is 1.02. The number of carbonyl (C=O) groups is 1. The fourth-order valence-electron chi connectivity index (χ4n) is 1.16. The van der Waals surface area contributed by atoms with Crippen molar-refractivity contribution in [3.05, 3.63) is 0 Å². The highest BCUT2D eigenvalue weighted by atomic mass is 32.2. The lowest BCUT2D eigenvalue weighted by atomic mass is 10.1. The molecule has 1 saturated heterocycles. The third-order valence-corrected chi connectivity index (χ3v) is 3.09.